The van der Waals surface area contributed by atoms with Crippen LogP contribution in [0.15, 0.2) is 40.2 Å². The number of nitrogens with one attached hydrogen (secondary N) is 1. The number of hydrogen-bond acceptors (Lipinski definition) is 7. The zero-order valence-corrected chi connectivity index (χ0v) is 22.4. The lowest BCUT2D eigenvalue weighted by molar-refractivity contribution is -0.0234. The quantitative estimate of drug-likeness (QED) is 0.557. The van der Waals surface area contributed by atoms with Crippen molar-refractivity contribution in [2.24, 2.45) is 5.92 Å². The normalized spacial score (nSPS) is 25.1. The predicted molar refractivity (Wildman–Crippen MR) is 138 cm³/mol. The van der Waals surface area contributed by atoms with Gasteiger partial charge in [0.05, 0.1) is 47.6 Å². The highest BCUT2D eigenvalue weighted by molar-refractivity contribution is 7.89. The molecule has 2 aliphatic heterocycles. The number of piperidine rings is 1. The minimum absolute atomic E-state index is 0.0113. The lowest BCUT2D eigenvalue weighted by atomic mass is 9.91. The van der Waals surface area contributed by atoms with E-state index < -0.39 is 21.3 Å². The molecule has 0 aliphatic carbocycles. The lowest BCUT2D eigenvalue weighted by Gasteiger charge is -2.40. The summed E-state index contributed by atoms with van der Waals surface area (Å²) in [6.45, 7) is 4.56. The van der Waals surface area contributed by atoms with Gasteiger partial charge in [0, 0.05) is 19.2 Å². The third kappa shape index (κ3) is 5.82. The van der Waals surface area contributed by atoms with Gasteiger partial charge in [0.25, 0.3) is 5.56 Å². The van der Waals surface area contributed by atoms with E-state index in [4.69, 9.17) is 21.6 Å². The summed E-state index contributed by atoms with van der Waals surface area (Å²) >= 11 is 6.37. The molecule has 0 amide bonds. The highest BCUT2D eigenvalue weighted by Crippen LogP contribution is 2.34. The summed E-state index contributed by atoms with van der Waals surface area (Å²) in [5.74, 6) is -0.0264. The number of benzene rings is 1. The van der Waals surface area contributed by atoms with Gasteiger partial charge in [-0.15, -0.1) is 0 Å². The van der Waals surface area contributed by atoms with Crippen molar-refractivity contribution in [3.05, 3.63) is 51.4 Å². The van der Waals surface area contributed by atoms with Gasteiger partial charge in [-0.05, 0) is 55.9 Å². The molecule has 3 atom stereocenters. The van der Waals surface area contributed by atoms with Crippen LogP contribution in [0, 0.1) is 17.2 Å². The highest BCUT2D eigenvalue weighted by Gasteiger charge is 2.40. The van der Waals surface area contributed by atoms with Gasteiger partial charge in [0.15, 0.2) is 5.67 Å². The van der Waals surface area contributed by atoms with Gasteiger partial charge in [-0.1, -0.05) is 25.4 Å². The number of hydrogen-bond donors (Lipinski definition) is 1. The van der Waals surface area contributed by atoms with E-state index in [0.29, 0.717) is 37.9 Å². The molecule has 200 valence electrons. The maximum Gasteiger partial charge on any atom is 0.287 e. The second kappa shape index (κ2) is 11.1. The Balaban J connectivity index is 1.52. The first-order chi connectivity index (χ1) is 17.6. The van der Waals surface area contributed by atoms with E-state index in [1.54, 1.807) is 0 Å². The molecule has 12 heteroatoms. The Hall–Kier alpha value is -2.52. The molecular weight excluding hydrogens is 521 g/mol. The number of halogens is 2. The topological polar surface area (TPSA) is 117 Å². The number of alkyl halides is 1. The molecule has 3 heterocycles. The SMILES string of the molecule is CC(C)[C@H]1C[C@H](n2ncc(NC[C@@]3(F)CCCOC3)c(Cl)c2=O)CCN1S(=O)(=O)c1ccc(C#N)cc1. The maximum absolute atomic E-state index is 14.9. The third-order valence-electron chi connectivity index (χ3n) is 7.09. The maximum atomic E-state index is 14.9. The number of aromatic nitrogens is 2. The molecular formula is C25H31ClFN5O4S. The fourth-order valence-electron chi connectivity index (χ4n) is 4.96. The third-order valence-corrected chi connectivity index (χ3v) is 9.39. The van der Waals surface area contributed by atoms with Crippen molar-refractivity contribution in [2.75, 3.05) is 31.6 Å². The van der Waals surface area contributed by atoms with E-state index in [1.807, 2.05) is 19.9 Å². The fraction of sp³-hybridized carbons (Fsp3) is 0.560. The average Bonchev–Trinajstić information content (AvgIpc) is 2.89. The van der Waals surface area contributed by atoms with E-state index in [9.17, 15) is 17.6 Å². The highest BCUT2D eigenvalue weighted by atomic mass is 35.5. The van der Waals surface area contributed by atoms with Crippen LogP contribution in [0.1, 0.15) is 51.1 Å². The molecule has 0 bridgehead atoms. The number of nitriles is 1. The first-order valence-corrected chi connectivity index (χ1v) is 14.2. The van der Waals surface area contributed by atoms with E-state index in [2.05, 4.69) is 10.4 Å². The van der Waals surface area contributed by atoms with Gasteiger partial charge in [-0.2, -0.15) is 14.7 Å². The Morgan fingerprint density at radius 1 is 1.35 bits per heavy atom. The van der Waals surface area contributed by atoms with Crippen LogP contribution in [0.2, 0.25) is 5.02 Å². The van der Waals surface area contributed by atoms with Gasteiger partial charge in [0.1, 0.15) is 5.02 Å². The molecule has 2 fully saturated rings. The van der Waals surface area contributed by atoms with Crippen molar-refractivity contribution < 1.29 is 17.5 Å². The van der Waals surface area contributed by atoms with Crippen LogP contribution in [0.3, 0.4) is 0 Å². The Labute approximate surface area is 221 Å². The fourth-order valence-corrected chi connectivity index (χ4v) is 6.94. The molecule has 0 radical (unpaired) electrons. The largest absolute Gasteiger partial charge is 0.379 e. The first-order valence-electron chi connectivity index (χ1n) is 12.4. The number of sulfonamides is 1. The molecule has 1 N–H and O–H groups in total. The van der Waals surface area contributed by atoms with Gasteiger partial charge in [-0.3, -0.25) is 4.79 Å². The summed E-state index contributed by atoms with van der Waals surface area (Å²) in [5.41, 5.74) is -1.40. The predicted octanol–water partition coefficient (Wildman–Crippen LogP) is 3.75. The van der Waals surface area contributed by atoms with Crippen molar-refractivity contribution in [2.45, 2.75) is 62.2 Å². The van der Waals surface area contributed by atoms with Crippen LogP contribution < -0.4 is 10.9 Å². The summed E-state index contributed by atoms with van der Waals surface area (Å²) < 4.78 is 49.8. The standard InChI is InChI=1S/C25H31ClFN5O4S/c1-17(2)22-12-19(8-10-31(22)37(34,35)20-6-4-18(13-28)5-7-20)32-24(33)23(26)21(14-30-32)29-15-25(27)9-3-11-36-16-25/h4-7,14,17,19,22,29H,3,8-12,15-16H2,1-2H3/t19-,22-,25+/m1/s1. The summed E-state index contributed by atoms with van der Waals surface area (Å²) in [6, 6.07) is 7.11. The number of rotatable bonds is 7. The molecule has 4 rings (SSSR count). The summed E-state index contributed by atoms with van der Waals surface area (Å²) in [4.78, 5) is 13.2. The van der Waals surface area contributed by atoms with Crippen LogP contribution in [0.4, 0.5) is 10.1 Å². The minimum Gasteiger partial charge on any atom is -0.379 e. The second-order valence-corrected chi connectivity index (χ2v) is 12.3. The van der Waals surface area contributed by atoms with Crippen LogP contribution in [-0.2, 0) is 14.8 Å². The van der Waals surface area contributed by atoms with Crippen molar-refractivity contribution >= 4 is 27.3 Å². The zero-order valence-electron chi connectivity index (χ0n) is 20.9. The molecule has 9 nitrogen and oxygen atoms in total. The lowest BCUT2D eigenvalue weighted by Crippen LogP contribution is -2.50. The van der Waals surface area contributed by atoms with Crippen LogP contribution in [-0.4, -0.2) is 60.5 Å². The van der Waals surface area contributed by atoms with E-state index in [1.165, 1.54) is 39.4 Å². The van der Waals surface area contributed by atoms with Crippen molar-refractivity contribution in [3.63, 3.8) is 0 Å². The minimum atomic E-state index is -3.80. The summed E-state index contributed by atoms with van der Waals surface area (Å²) in [5, 5.41) is 16.2. The molecule has 2 aliphatic rings. The zero-order chi connectivity index (χ0) is 26.8. The summed E-state index contributed by atoms with van der Waals surface area (Å²) in [6.07, 6.45) is 3.17. The van der Waals surface area contributed by atoms with Crippen molar-refractivity contribution in [1.29, 1.82) is 5.26 Å². The molecule has 1 aromatic heterocycles. The monoisotopic (exact) mass is 551 g/mol. The molecule has 0 unspecified atom stereocenters. The average molecular weight is 552 g/mol. The van der Waals surface area contributed by atoms with E-state index in [-0.39, 0.29) is 53.3 Å². The van der Waals surface area contributed by atoms with Crippen molar-refractivity contribution in [3.8, 4) is 6.07 Å². The molecule has 2 saturated heterocycles. The smallest absolute Gasteiger partial charge is 0.287 e. The molecule has 1 aromatic carbocycles. The van der Waals surface area contributed by atoms with Gasteiger partial charge >= 0.3 is 0 Å². The van der Waals surface area contributed by atoms with Gasteiger partial charge < -0.3 is 10.1 Å². The Morgan fingerprint density at radius 2 is 2.08 bits per heavy atom. The van der Waals surface area contributed by atoms with E-state index in [0.717, 1.165) is 0 Å². The van der Waals surface area contributed by atoms with Crippen LogP contribution in [0.25, 0.3) is 0 Å². The van der Waals surface area contributed by atoms with Gasteiger partial charge in [0.2, 0.25) is 10.0 Å². The van der Waals surface area contributed by atoms with Crippen molar-refractivity contribution in [1.82, 2.24) is 14.1 Å². The first kappa shape index (κ1) is 27.5. The molecule has 0 saturated carbocycles. The number of ether oxygens (including phenoxy) is 1. The van der Waals surface area contributed by atoms with E-state index >= 15 is 0 Å². The molecule has 0 spiro atoms. The van der Waals surface area contributed by atoms with Gasteiger partial charge in [-0.25, -0.2) is 17.5 Å². The Kier molecular flexibility index (Phi) is 8.23. The molecule has 37 heavy (non-hydrogen) atoms. The number of nitrogens with zero attached hydrogens (tertiary/aromatic N) is 4. The number of anilines is 1. The van der Waals surface area contributed by atoms with Crippen LogP contribution in [0.5, 0.6) is 0 Å². The van der Waals surface area contributed by atoms with Crippen LogP contribution >= 0.6 is 11.6 Å². The molecule has 2 aromatic rings. The Bertz CT molecular complexity index is 1320. The second-order valence-electron chi connectivity index (χ2n) is 10.0. The summed E-state index contributed by atoms with van der Waals surface area (Å²) in [7, 11) is -3.80. The Morgan fingerprint density at radius 3 is 2.70 bits per heavy atom.